The Kier molecular flexibility index (Phi) is 5.26. The Bertz CT molecular complexity index is 1560. The molecule has 2 aromatic carbocycles. The maximum atomic E-state index is 13.5. The first kappa shape index (κ1) is 21.0. The van der Waals surface area contributed by atoms with Gasteiger partial charge in [-0.3, -0.25) is 24.5 Å². The van der Waals surface area contributed by atoms with E-state index in [1.807, 2.05) is 36.5 Å². The smallest absolute Gasteiger partial charge is 0.236 e. The van der Waals surface area contributed by atoms with Crippen molar-refractivity contribution in [2.75, 3.05) is 18.3 Å². The maximum absolute atomic E-state index is 13.5. The van der Waals surface area contributed by atoms with Crippen molar-refractivity contribution >= 4 is 43.6 Å². The Morgan fingerprint density at radius 1 is 1.06 bits per heavy atom. The number of hydrogen-bond donors (Lipinski definition) is 1. The zero-order chi connectivity index (χ0) is 23.0. The van der Waals surface area contributed by atoms with Crippen LogP contribution in [0.2, 0.25) is 0 Å². The lowest BCUT2D eigenvalue weighted by Crippen LogP contribution is -2.15. The number of benzene rings is 1. The molecule has 1 aliphatic heterocycles. The SMILES string of the molecule is CN1CC(c2cnc3ccc4ccc(CS(=O)(=O)Nc5ccncc5)cc4c(=O)c3c2)C=N1. The molecule has 1 aliphatic rings. The van der Waals surface area contributed by atoms with Gasteiger partial charge in [0, 0.05) is 55.1 Å². The van der Waals surface area contributed by atoms with E-state index in [9.17, 15) is 13.2 Å². The molecular weight excluding hydrogens is 438 g/mol. The number of hydrogen-bond acceptors (Lipinski definition) is 7. The number of nitrogens with zero attached hydrogens (tertiary/aromatic N) is 4. The first-order chi connectivity index (χ1) is 15.9. The van der Waals surface area contributed by atoms with E-state index in [1.165, 1.54) is 12.4 Å². The fourth-order valence-electron chi connectivity index (χ4n) is 3.98. The second kappa shape index (κ2) is 8.25. The number of anilines is 1. The van der Waals surface area contributed by atoms with Gasteiger partial charge in [0.15, 0.2) is 5.43 Å². The molecule has 0 saturated carbocycles. The lowest BCUT2D eigenvalue weighted by molar-refractivity contribution is 0.381. The quantitative estimate of drug-likeness (QED) is 0.492. The number of hydrazone groups is 1. The van der Waals surface area contributed by atoms with Gasteiger partial charge in [-0.25, -0.2) is 8.42 Å². The number of pyridine rings is 2. The summed E-state index contributed by atoms with van der Waals surface area (Å²) in [5.74, 6) is -0.182. The molecule has 0 radical (unpaired) electrons. The van der Waals surface area contributed by atoms with Crippen LogP contribution in [0, 0.1) is 0 Å². The summed E-state index contributed by atoms with van der Waals surface area (Å²) in [6.07, 6.45) is 6.67. The van der Waals surface area contributed by atoms with Crippen molar-refractivity contribution in [3.8, 4) is 0 Å². The summed E-state index contributed by atoms with van der Waals surface area (Å²) in [6.45, 7) is 0.730. The van der Waals surface area contributed by atoms with Gasteiger partial charge in [0.2, 0.25) is 10.0 Å². The molecule has 0 fully saturated rings. The van der Waals surface area contributed by atoms with Crippen LogP contribution in [0.15, 0.2) is 77.0 Å². The maximum Gasteiger partial charge on any atom is 0.236 e. The van der Waals surface area contributed by atoms with E-state index >= 15 is 0 Å². The van der Waals surface area contributed by atoms with Gasteiger partial charge in [0.05, 0.1) is 17.0 Å². The van der Waals surface area contributed by atoms with Gasteiger partial charge in [-0.05, 0) is 46.8 Å². The number of sulfonamides is 1. The van der Waals surface area contributed by atoms with Crippen LogP contribution in [0.5, 0.6) is 0 Å². The number of aromatic nitrogens is 2. The fraction of sp³-hybridized carbons (Fsp3) is 0.167. The number of likely N-dealkylation sites (N-methyl/N-ethyl adjacent to an activating group) is 1. The van der Waals surface area contributed by atoms with Crippen molar-refractivity contribution in [2.45, 2.75) is 11.7 Å². The van der Waals surface area contributed by atoms with Crippen molar-refractivity contribution in [2.24, 2.45) is 5.10 Å². The minimum Gasteiger partial charge on any atom is -0.299 e. The van der Waals surface area contributed by atoms with Crippen LogP contribution >= 0.6 is 0 Å². The number of rotatable bonds is 5. The molecule has 0 bridgehead atoms. The first-order valence-electron chi connectivity index (χ1n) is 10.4. The summed E-state index contributed by atoms with van der Waals surface area (Å²) in [4.78, 5) is 21.9. The molecule has 166 valence electrons. The monoisotopic (exact) mass is 459 g/mol. The van der Waals surface area contributed by atoms with Gasteiger partial charge in [0.1, 0.15) is 0 Å². The van der Waals surface area contributed by atoms with E-state index < -0.39 is 10.0 Å². The Hall–Kier alpha value is -3.85. The fourth-order valence-corrected chi connectivity index (χ4v) is 5.16. The first-order valence-corrected chi connectivity index (χ1v) is 12.0. The van der Waals surface area contributed by atoms with Gasteiger partial charge in [0.25, 0.3) is 0 Å². The molecule has 0 spiro atoms. The van der Waals surface area contributed by atoms with Crippen LogP contribution in [0.4, 0.5) is 5.69 Å². The van der Waals surface area contributed by atoms with E-state index in [4.69, 9.17) is 0 Å². The van der Waals surface area contributed by atoms with Crippen molar-refractivity contribution in [3.63, 3.8) is 0 Å². The molecule has 33 heavy (non-hydrogen) atoms. The van der Waals surface area contributed by atoms with Crippen LogP contribution in [-0.4, -0.2) is 43.2 Å². The van der Waals surface area contributed by atoms with Crippen LogP contribution in [0.1, 0.15) is 17.0 Å². The molecule has 2 aromatic heterocycles. The minimum absolute atomic E-state index is 0.0723. The van der Waals surface area contributed by atoms with E-state index in [0.29, 0.717) is 27.5 Å². The van der Waals surface area contributed by atoms with Crippen molar-refractivity contribution in [3.05, 3.63) is 88.5 Å². The molecule has 3 heterocycles. The lowest BCUT2D eigenvalue weighted by atomic mass is 10.0. The molecule has 0 saturated heterocycles. The Labute approximate surface area is 190 Å². The molecule has 9 heteroatoms. The summed E-state index contributed by atoms with van der Waals surface area (Å²) in [6, 6.07) is 13.8. The van der Waals surface area contributed by atoms with Gasteiger partial charge in [-0.15, -0.1) is 0 Å². The minimum atomic E-state index is -3.66. The van der Waals surface area contributed by atoms with Crippen LogP contribution in [0.3, 0.4) is 0 Å². The van der Waals surface area contributed by atoms with E-state index in [1.54, 1.807) is 36.5 Å². The molecule has 0 aliphatic carbocycles. The highest BCUT2D eigenvalue weighted by Gasteiger charge is 2.18. The second-order valence-corrected chi connectivity index (χ2v) is 9.82. The van der Waals surface area contributed by atoms with E-state index in [-0.39, 0.29) is 17.1 Å². The van der Waals surface area contributed by atoms with E-state index in [0.717, 1.165) is 17.5 Å². The third-order valence-electron chi connectivity index (χ3n) is 5.61. The average molecular weight is 460 g/mol. The summed E-state index contributed by atoms with van der Waals surface area (Å²) >= 11 is 0. The van der Waals surface area contributed by atoms with Crippen molar-refractivity contribution in [1.82, 2.24) is 15.0 Å². The highest BCUT2D eigenvalue weighted by Crippen LogP contribution is 2.23. The zero-order valence-electron chi connectivity index (χ0n) is 17.8. The topological polar surface area (TPSA) is 105 Å². The summed E-state index contributed by atoms with van der Waals surface area (Å²) in [7, 11) is -1.76. The van der Waals surface area contributed by atoms with Crippen LogP contribution < -0.4 is 10.2 Å². The summed E-state index contributed by atoms with van der Waals surface area (Å²) in [5, 5.41) is 7.80. The van der Waals surface area contributed by atoms with Gasteiger partial charge < -0.3 is 0 Å². The Morgan fingerprint density at radius 2 is 1.85 bits per heavy atom. The molecular formula is C24H21N5O3S. The average Bonchev–Trinajstić information content (AvgIpc) is 3.18. The van der Waals surface area contributed by atoms with Gasteiger partial charge >= 0.3 is 0 Å². The summed E-state index contributed by atoms with van der Waals surface area (Å²) in [5.41, 5.74) is 2.30. The Balaban J connectivity index is 1.55. The molecule has 1 atom stereocenters. The molecule has 8 nitrogen and oxygen atoms in total. The van der Waals surface area contributed by atoms with Crippen molar-refractivity contribution < 1.29 is 8.42 Å². The Morgan fingerprint density at radius 3 is 2.61 bits per heavy atom. The van der Waals surface area contributed by atoms with Crippen molar-refractivity contribution in [1.29, 1.82) is 0 Å². The molecule has 1 N–H and O–H groups in total. The normalized spacial score (nSPS) is 15.9. The second-order valence-electron chi connectivity index (χ2n) is 8.09. The highest BCUT2D eigenvalue weighted by atomic mass is 32.2. The molecule has 5 rings (SSSR count). The molecule has 4 aromatic rings. The van der Waals surface area contributed by atoms with E-state index in [2.05, 4.69) is 19.8 Å². The molecule has 1 unspecified atom stereocenters. The lowest BCUT2D eigenvalue weighted by Gasteiger charge is -2.10. The summed E-state index contributed by atoms with van der Waals surface area (Å²) < 4.78 is 27.8. The standard InChI is InChI=1S/C24H21N5O3S/c1-29-14-19(13-27-29)18-11-22-23(26-12-18)5-4-17-3-2-16(10-21(17)24(22)30)15-33(31,32)28-20-6-8-25-9-7-20/h2-13,19H,14-15H2,1H3,(H,25,28). The zero-order valence-corrected chi connectivity index (χ0v) is 18.7. The number of nitrogens with one attached hydrogen (secondary N) is 1. The third kappa shape index (κ3) is 4.40. The molecule has 0 amide bonds. The predicted octanol–water partition coefficient (Wildman–Crippen LogP) is 3.10. The third-order valence-corrected chi connectivity index (χ3v) is 6.87. The van der Waals surface area contributed by atoms with Gasteiger partial charge in [-0.2, -0.15) is 5.10 Å². The highest BCUT2D eigenvalue weighted by molar-refractivity contribution is 7.91. The largest absolute Gasteiger partial charge is 0.299 e. The van der Waals surface area contributed by atoms with Gasteiger partial charge in [-0.1, -0.05) is 18.2 Å². The number of fused-ring (bicyclic) bond motifs is 2. The predicted molar refractivity (Wildman–Crippen MR) is 130 cm³/mol. The van der Waals surface area contributed by atoms with Crippen LogP contribution in [0.25, 0.3) is 21.7 Å². The van der Waals surface area contributed by atoms with Crippen LogP contribution in [-0.2, 0) is 15.8 Å².